The van der Waals surface area contributed by atoms with Gasteiger partial charge in [-0.1, -0.05) is 6.07 Å². The number of hydrogen-bond acceptors (Lipinski definition) is 6. The molecule has 0 saturated heterocycles. The second kappa shape index (κ2) is 6.55. The van der Waals surface area contributed by atoms with Gasteiger partial charge >= 0.3 is 5.97 Å². The monoisotopic (exact) mass is 315 g/mol. The van der Waals surface area contributed by atoms with Crippen LogP contribution in [0.3, 0.4) is 0 Å². The number of fused-ring (bicyclic) bond motifs is 1. The van der Waals surface area contributed by atoms with Crippen LogP contribution in [0.4, 0.5) is 5.69 Å². The number of tetrazole rings is 1. The highest BCUT2D eigenvalue weighted by Crippen LogP contribution is 2.24. The van der Waals surface area contributed by atoms with E-state index in [1.54, 1.807) is 0 Å². The fraction of sp³-hybridized carbons (Fsp3) is 0.400. The molecule has 23 heavy (non-hydrogen) atoms. The molecule has 1 aliphatic carbocycles. The maximum absolute atomic E-state index is 12.1. The quantitative estimate of drug-likeness (QED) is 0.817. The number of nitrogens with one attached hydrogen (secondary N) is 1. The van der Waals surface area contributed by atoms with E-state index in [9.17, 15) is 9.59 Å². The number of amides is 1. The largest absolute Gasteiger partial charge is 0.451 e. The molecule has 0 saturated carbocycles. The summed E-state index contributed by atoms with van der Waals surface area (Å²) in [5.74, 6) is -0.943. The number of anilines is 1. The van der Waals surface area contributed by atoms with E-state index in [4.69, 9.17) is 4.74 Å². The first-order valence-corrected chi connectivity index (χ1v) is 7.45. The van der Waals surface area contributed by atoms with Crippen molar-refractivity contribution < 1.29 is 14.3 Å². The van der Waals surface area contributed by atoms with E-state index in [1.165, 1.54) is 29.1 Å². The van der Waals surface area contributed by atoms with Gasteiger partial charge in [-0.05, 0) is 59.9 Å². The first-order valence-electron chi connectivity index (χ1n) is 7.45. The molecule has 0 fully saturated rings. The van der Waals surface area contributed by atoms with E-state index in [0.717, 1.165) is 24.9 Å². The minimum Gasteiger partial charge on any atom is -0.451 e. The van der Waals surface area contributed by atoms with E-state index in [1.807, 2.05) is 18.2 Å². The summed E-state index contributed by atoms with van der Waals surface area (Å²) in [7, 11) is 0. The van der Waals surface area contributed by atoms with Crippen LogP contribution in [0.2, 0.25) is 0 Å². The normalized spacial score (nSPS) is 14.1. The molecular weight excluding hydrogens is 298 g/mol. The Hall–Kier alpha value is -2.77. The number of nitrogens with zero attached hydrogens (tertiary/aromatic N) is 4. The third-order valence-corrected chi connectivity index (χ3v) is 3.73. The third kappa shape index (κ3) is 3.71. The molecule has 0 unspecified atom stereocenters. The molecule has 1 N–H and O–H groups in total. The maximum atomic E-state index is 12.1. The first kappa shape index (κ1) is 15.1. The molecule has 1 atom stereocenters. The molecule has 1 aliphatic rings. The molecule has 1 aromatic carbocycles. The van der Waals surface area contributed by atoms with Gasteiger partial charge in [0.05, 0.1) is 0 Å². The van der Waals surface area contributed by atoms with Crippen LogP contribution in [0.25, 0.3) is 0 Å². The molecule has 0 spiro atoms. The van der Waals surface area contributed by atoms with Crippen molar-refractivity contribution in [2.45, 2.75) is 38.8 Å². The van der Waals surface area contributed by atoms with Crippen LogP contribution in [0.5, 0.6) is 0 Å². The fourth-order valence-corrected chi connectivity index (χ4v) is 2.57. The SMILES string of the molecule is C[C@@H](OC(=O)Cn1cnnn1)C(=O)Nc1ccc2c(c1)CCC2. The second-order valence-electron chi connectivity index (χ2n) is 5.47. The summed E-state index contributed by atoms with van der Waals surface area (Å²) < 4.78 is 6.31. The number of esters is 1. The lowest BCUT2D eigenvalue weighted by molar-refractivity contribution is -0.153. The van der Waals surface area contributed by atoms with Gasteiger partial charge in [0.1, 0.15) is 12.9 Å². The molecule has 1 aromatic heterocycles. The minimum absolute atomic E-state index is 0.135. The number of benzene rings is 1. The predicted octanol–water partition coefficient (Wildman–Crippen LogP) is 0.732. The van der Waals surface area contributed by atoms with Crippen LogP contribution < -0.4 is 5.32 Å². The summed E-state index contributed by atoms with van der Waals surface area (Å²) in [6.07, 6.45) is 3.69. The molecule has 0 aliphatic heterocycles. The Kier molecular flexibility index (Phi) is 4.31. The molecule has 0 bridgehead atoms. The van der Waals surface area contributed by atoms with Crippen molar-refractivity contribution in [3.8, 4) is 0 Å². The second-order valence-corrected chi connectivity index (χ2v) is 5.47. The van der Waals surface area contributed by atoms with Crippen LogP contribution in [0.15, 0.2) is 24.5 Å². The predicted molar refractivity (Wildman–Crippen MR) is 80.5 cm³/mol. The van der Waals surface area contributed by atoms with Crippen LogP contribution in [0, 0.1) is 0 Å². The summed E-state index contributed by atoms with van der Waals surface area (Å²) in [6.45, 7) is 1.39. The van der Waals surface area contributed by atoms with E-state index >= 15 is 0 Å². The smallest absolute Gasteiger partial charge is 0.328 e. The molecule has 8 heteroatoms. The zero-order valence-electron chi connectivity index (χ0n) is 12.7. The Labute approximate surface area is 132 Å². The minimum atomic E-state index is -0.896. The average Bonchev–Trinajstić information content (AvgIpc) is 3.17. The maximum Gasteiger partial charge on any atom is 0.328 e. The van der Waals surface area contributed by atoms with Gasteiger partial charge in [0.15, 0.2) is 6.10 Å². The number of ether oxygens (including phenoxy) is 1. The number of aromatic nitrogens is 4. The topological polar surface area (TPSA) is 99.0 Å². The standard InChI is InChI=1S/C15H17N5O3/c1-10(23-14(21)8-20-9-16-18-19-20)15(22)17-13-6-5-11-3-2-4-12(11)7-13/h5-7,9-10H,2-4,8H2,1H3,(H,17,22)/t10-/m1/s1. The number of carbonyl (C=O) groups excluding carboxylic acids is 2. The summed E-state index contributed by atoms with van der Waals surface area (Å²) in [4.78, 5) is 23.8. The van der Waals surface area contributed by atoms with Crippen molar-refractivity contribution in [3.63, 3.8) is 0 Å². The van der Waals surface area contributed by atoms with E-state index in [-0.39, 0.29) is 12.5 Å². The number of carbonyl (C=O) groups is 2. The van der Waals surface area contributed by atoms with E-state index < -0.39 is 12.1 Å². The fourth-order valence-electron chi connectivity index (χ4n) is 2.57. The molecular formula is C15H17N5O3. The van der Waals surface area contributed by atoms with Gasteiger partial charge in [0.25, 0.3) is 5.91 Å². The Morgan fingerprint density at radius 3 is 2.96 bits per heavy atom. The highest BCUT2D eigenvalue weighted by atomic mass is 16.5. The van der Waals surface area contributed by atoms with Crippen molar-refractivity contribution in [3.05, 3.63) is 35.7 Å². The molecule has 1 heterocycles. The zero-order valence-corrected chi connectivity index (χ0v) is 12.7. The van der Waals surface area contributed by atoms with Gasteiger partial charge in [-0.3, -0.25) is 9.59 Å². The van der Waals surface area contributed by atoms with Gasteiger partial charge in [-0.15, -0.1) is 5.10 Å². The Bertz CT molecular complexity index is 714. The lowest BCUT2D eigenvalue weighted by Crippen LogP contribution is -2.31. The van der Waals surface area contributed by atoms with Gasteiger partial charge in [0, 0.05) is 5.69 Å². The molecule has 2 aromatic rings. The molecule has 0 radical (unpaired) electrons. The van der Waals surface area contributed by atoms with Crippen molar-refractivity contribution in [2.24, 2.45) is 0 Å². The van der Waals surface area contributed by atoms with Crippen LogP contribution in [0.1, 0.15) is 24.5 Å². The summed E-state index contributed by atoms with van der Waals surface area (Å²) in [5, 5.41) is 13.2. The van der Waals surface area contributed by atoms with Crippen LogP contribution in [-0.4, -0.2) is 38.2 Å². The lowest BCUT2D eigenvalue weighted by Gasteiger charge is -2.14. The Morgan fingerprint density at radius 1 is 1.35 bits per heavy atom. The highest BCUT2D eigenvalue weighted by molar-refractivity contribution is 5.95. The van der Waals surface area contributed by atoms with Crippen molar-refractivity contribution in [1.82, 2.24) is 20.2 Å². The summed E-state index contributed by atoms with van der Waals surface area (Å²) >= 11 is 0. The Morgan fingerprint density at radius 2 is 2.17 bits per heavy atom. The van der Waals surface area contributed by atoms with Crippen LogP contribution >= 0.6 is 0 Å². The van der Waals surface area contributed by atoms with Gasteiger partial charge < -0.3 is 10.1 Å². The van der Waals surface area contributed by atoms with Gasteiger partial charge in [0.2, 0.25) is 0 Å². The van der Waals surface area contributed by atoms with Crippen molar-refractivity contribution in [1.29, 1.82) is 0 Å². The van der Waals surface area contributed by atoms with Crippen LogP contribution in [-0.2, 0) is 33.7 Å². The average molecular weight is 315 g/mol. The van der Waals surface area contributed by atoms with E-state index in [2.05, 4.69) is 20.8 Å². The third-order valence-electron chi connectivity index (χ3n) is 3.73. The molecule has 8 nitrogen and oxygen atoms in total. The molecule has 3 rings (SSSR count). The van der Waals surface area contributed by atoms with Gasteiger partial charge in [-0.25, -0.2) is 4.68 Å². The summed E-state index contributed by atoms with van der Waals surface area (Å²) in [6, 6.07) is 5.89. The van der Waals surface area contributed by atoms with Gasteiger partial charge in [-0.2, -0.15) is 0 Å². The Balaban J connectivity index is 1.54. The first-order chi connectivity index (χ1) is 11.1. The summed E-state index contributed by atoms with van der Waals surface area (Å²) in [5.41, 5.74) is 3.33. The van der Waals surface area contributed by atoms with E-state index in [0.29, 0.717) is 0 Å². The van der Waals surface area contributed by atoms with Crippen molar-refractivity contribution in [2.75, 3.05) is 5.32 Å². The zero-order chi connectivity index (χ0) is 16.2. The lowest BCUT2D eigenvalue weighted by atomic mass is 10.1. The molecule has 1 amide bonds. The number of rotatable bonds is 5. The van der Waals surface area contributed by atoms with Crippen molar-refractivity contribution >= 4 is 17.6 Å². The number of hydrogen-bond donors (Lipinski definition) is 1. The number of aryl methyl sites for hydroxylation is 2. The highest BCUT2D eigenvalue weighted by Gasteiger charge is 2.19. The molecule has 120 valence electrons.